The van der Waals surface area contributed by atoms with Gasteiger partial charge < -0.3 is 13.9 Å². The minimum absolute atomic E-state index is 0.106. The second-order valence-corrected chi connectivity index (χ2v) is 20.4. The van der Waals surface area contributed by atoms with Crippen molar-refractivity contribution in [3.05, 3.63) is 60.2 Å². The van der Waals surface area contributed by atoms with E-state index in [1.807, 2.05) is 6.92 Å². The fourth-order valence-electron chi connectivity index (χ4n) is 5.67. The molecule has 0 N–H and O–H groups in total. The SMILES string of the molecule is CC[Si](CC)(CC)OC(C#C[C@H](C)CS(=O)(=O)c1nnnn1-c1ccccc1)[C@H](C)CCOCc1ccc(OCCCC(F)(F)C(F)(F)C(F)(F)C(F)(F)F)cc1. The van der Waals surface area contributed by atoms with Gasteiger partial charge in [0.25, 0.3) is 5.16 Å². The first kappa shape index (κ1) is 47.7. The van der Waals surface area contributed by atoms with Crippen LogP contribution in [0.1, 0.15) is 59.4 Å². The van der Waals surface area contributed by atoms with Gasteiger partial charge >= 0.3 is 23.9 Å². The number of halogens is 9. The van der Waals surface area contributed by atoms with Crippen LogP contribution in [-0.2, 0) is 25.6 Å². The third-order valence-corrected chi connectivity index (χ3v) is 15.9. The van der Waals surface area contributed by atoms with Gasteiger partial charge in [0.1, 0.15) is 11.9 Å². The number of rotatable bonds is 22. The molecule has 1 unspecified atom stereocenters. The molecule has 3 atom stereocenters. The Morgan fingerprint density at radius 1 is 0.825 bits per heavy atom. The number of ether oxygens (including phenoxy) is 2. The number of tetrazole rings is 1. The number of hydrogen-bond acceptors (Lipinski definition) is 8. The summed E-state index contributed by atoms with van der Waals surface area (Å²) < 4.78 is 163. The molecule has 0 saturated carbocycles. The Kier molecular flexibility index (Phi) is 16.6. The number of aromatic nitrogens is 4. The van der Waals surface area contributed by atoms with E-state index in [0.717, 1.165) is 18.1 Å². The van der Waals surface area contributed by atoms with Crippen molar-refractivity contribution < 1.29 is 61.8 Å². The Hall–Kier alpha value is -3.67. The molecule has 2 aromatic carbocycles. The molecule has 0 aliphatic carbocycles. The summed E-state index contributed by atoms with van der Waals surface area (Å²) in [5, 5.41) is 10.9. The summed E-state index contributed by atoms with van der Waals surface area (Å²) in [7, 11) is -6.07. The molecule has 1 aromatic heterocycles. The highest BCUT2D eigenvalue weighted by Gasteiger charge is 2.81. The van der Waals surface area contributed by atoms with Gasteiger partial charge in [0.15, 0.2) is 8.32 Å². The van der Waals surface area contributed by atoms with Crippen molar-refractivity contribution in [1.82, 2.24) is 20.2 Å². The molecule has 0 fully saturated rings. The molecule has 0 spiro atoms. The van der Waals surface area contributed by atoms with E-state index in [2.05, 4.69) is 48.1 Å². The minimum atomic E-state index is -6.92. The third kappa shape index (κ3) is 12.2. The Morgan fingerprint density at radius 2 is 1.44 bits per heavy atom. The topological polar surface area (TPSA) is 105 Å². The molecule has 57 heavy (non-hydrogen) atoms. The molecule has 0 radical (unpaired) electrons. The predicted octanol–water partition coefficient (Wildman–Crippen LogP) is 9.34. The van der Waals surface area contributed by atoms with Crippen molar-refractivity contribution >= 4 is 18.2 Å². The minimum Gasteiger partial charge on any atom is -0.494 e. The summed E-state index contributed by atoms with van der Waals surface area (Å²) in [6.45, 7) is 9.77. The van der Waals surface area contributed by atoms with Crippen LogP contribution in [0.2, 0.25) is 18.1 Å². The highest BCUT2D eigenvalue weighted by atomic mass is 32.2. The molecule has 1 heterocycles. The smallest absolute Gasteiger partial charge is 0.460 e. The fraction of sp³-hybridized carbons (Fsp3) is 0.595. The van der Waals surface area contributed by atoms with Crippen LogP contribution in [0.25, 0.3) is 5.69 Å². The first-order valence-electron chi connectivity index (χ1n) is 18.3. The largest absolute Gasteiger partial charge is 0.494 e. The first-order valence-corrected chi connectivity index (χ1v) is 22.5. The average Bonchev–Trinajstić information content (AvgIpc) is 3.67. The van der Waals surface area contributed by atoms with Gasteiger partial charge in [-0.25, -0.2) is 8.42 Å². The Morgan fingerprint density at radius 3 is 2.02 bits per heavy atom. The van der Waals surface area contributed by atoms with Crippen LogP contribution >= 0.6 is 0 Å². The van der Waals surface area contributed by atoms with Crippen LogP contribution in [0.15, 0.2) is 59.8 Å². The van der Waals surface area contributed by atoms with Crippen molar-refractivity contribution in [2.24, 2.45) is 11.8 Å². The summed E-state index contributed by atoms with van der Waals surface area (Å²) in [4.78, 5) is 0. The quantitative estimate of drug-likeness (QED) is 0.0426. The molecule has 0 aliphatic rings. The van der Waals surface area contributed by atoms with Crippen LogP contribution in [0.3, 0.4) is 0 Å². The maximum atomic E-state index is 13.8. The molecule has 0 saturated heterocycles. The van der Waals surface area contributed by atoms with E-state index in [-0.39, 0.29) is 29.2 Å². The van der Waals surface area contributed by atoms with Gasteiger partial charge in [0.2, 0.25) is 9.84 Å². The summed E-state index contributed by atoms with van der Waals surface area (Å²) in [5.41, 5.74) is 1.18. The normalized spacial score (nSPS) is 14.8. The summed E-state index contributed by atoms with van der Waals surface area (Å²) in [5.74, 6) is -13.8. The van der Waals surface area contributed by atoms with Crippen molar-refractivity contribution in [2.75, 3.05) is 19.0 Å². The second-order valence-electron chi connectivity index (χ2n) is 13.7. The van der Waals surface area contributed by atoms with Crippen LogP contribution in [0.4, 0.5) is 39.5 Å². The number of para-hydroxylation sites is 1. The fourth-order valence-corrected chi connectivity index (χ4v) is 9.96. The maximum Gasteiger partial charge on any atom is 0.460 e. The Bertz CT molecular complexity index is 1860. The van der Waals surface area contributed by atoms with E-state index in [9.17, 15) is 47.9 Å². The maximum absolute atomic E-state index is 13.8. The zero-order chi connectivity index (χ0) is 42.7. The lowest BCUT2D eigenvalue weighted by atomic mass is 10.00. The third-order valence-electron chi connectivity index (χ3n) is 9.51. The zero-order valence-corrected chi connectivity index (χ0v) is 34.0. The van der Waals surface area contributed by atoms with E-state index in [1.54, 1.807) is 49.4 Å². The van der Waals surface area contributed by atoms with Crippen molar-refractivity contribution in [3.63, 3.8) is 0 Å². The van der Waals surface area contributed by atoms with Gasteiger partial charge in [-0.1, -0.05) is 81.9 Å². The van der Waals surface area contributed by atoms with E-state index >= 15 is 0 Å². The molecule has 0 amide bonds. The molecule has 20 heteroatoms. The van der Waals surface area contributed by atoms with Gasteiger partial charge in [-0.2, -0.15) is 44.2 Å². The molecule has 3 aromatic rings. The van der Waals surface area contributed by atoms with E-state index in [4.69, 9.17) is 13.9 Å². The summed E-state index contributed by atoms with van der Waals surface area (Å²) in [6, 6.07) is 17.3. The molecule has 3 rings (SSSR count). The standard InChI is InChI=1S/C37H47F9N4O5SSi/c1-6-57(7-2,8-3)55-32(20-15-27(4)26-56(51,52)33-47-48-49-50(33)30-13-10-9-11-14-30)28(5)21-24-53-25-29-16-18-31(19-17-29)54-23-12-22-34(38,39)35(40,41)36(42,43)37(44,45)46/h9-11,13-14,16-19,27-28,32H,6-8,12,21-26H2,1-5H3/t27-,28+,32?/m0/s1. The summed E-state index contributed by atoms with van der Waals surface area (Å²) >= 11 is 0. The number of alkyl halides is 9. The van der Waals surface area contributed by atoms with E-state index < -0.39 is 73.6 Å². The van der Waals surface area contributed by atoms with Crippen molar-refractivity contribution in [3.8, 4) is 23.3 Å². The predicted molar refractivity (Wildman–Crippen MR) is 196 cm³/mol. The van der Waals surface area contributed by atoms with Gasteiger partial charge in [-0.15, -0.1) is 0 Å². The number of nitrogens with zero attached hydrogens (tertiary/aromatic N) is 4. The van der Waals surface area contributed by atoms with Crippen LogP contribution in [0, 0.1) is 23.7 Å². The van der Waals surface area contributed by atoms with Gasteiger partial charge in [0, 0.05) is 18.9 Å². The lowest BCUT2D eigenvalue weighted by Gasteiger charge is -2.33. The van der Waals surface area contributed by atoms with Crippen LogP contribution in [0.5, 0.6) is 5.75 Å². The number of benzene rings is 2. The molecule has 9 nitrogen and oxygen atoms in total. The lowest BCUT2D eigenvalue weighted by Crippen LogP contribution is -2.60. The number of sulfone groups is 1. The Balaban J connectivity index is 1.56. The molecule has 0 aliphatic heterocycles. The number of hydrogen-bond donors (Lipinski definition) is 0. The lowest BCUT2D eigenvalue weighted by molar-refractivity contribution is -0.396. The second kappa shape index (κ2) is 19.9. The van der Waals surface area contributed by atoms with Gasteiger partial charge in [-0.3, -0.25) is 0 Å². The van der Waals surface area contributed by atoms with Crippen molar-refractivity contribution in [1.29, 1.82) is 0 Å². The highest BCUT2D eigenvalue weighted by molar-refractivity contribution is 7.91. The Labute approximate surface area is 327 Å². The molecule has 0 bridgehead atoms. The average molecular weight is 859 g/mol. The summed E-state index contributed by atoms with van der Waals surface area (Å²) in [6.07, 6.45) is -9.71. The molecular weight excluding hydrogens is 812 g/mol. The monoisotopic (exact) mass is 858 g/mol. The van der Waals surface area contributed by atoms with Crippen molar-refractivity contribution in [2.45, 2.75) is 114 Å². The molecule has 318 valence electrons. The zero-order valence-electron chi connectivity index (χ0n) is 32.1. The molecular formula is C37H47F9N4O5SSi. The highest BCUT2D eigenvalue weighted by Crippen LogP contribution is 2.54. The first-order chi connectivity index (χ1) is 26.6. The van der Waals surface area contributed by atoms with E-state index in [1.165, 1.54) is 16.8 Å². The van der Waals surface area contributed by atoms with E-state index in [0.29, 0.717) is 24.3 Å². The van der Waals surface area contributed by atoms with Gasteiger partial charge in [0.05, 0.1) is 24.7 Å². The van der Waals surface area contributed by atoms with Crippen LogP contribution in [-0.4, -0.2) is 86.0 Å². The van der Waals surface area contributed by atoms with Gasteiger partial charge in [-0.05, 0) is 77.1 Å². The van der Waals surface area contributed by atoms with Crippen LogP contribution < -0.4 is 4.74 Å².